The van der Waals surface area contributed by atoms with E-state index in [1.165, 1.54) is 0 Å². The van der Waals surface area contributed by atoms with E-state index in [0.717, 1.165) is 28.8 Å². The molecular formula is C13H20BrNO2. The van der Waals surface area contributed by atoms with E-state index in [4.69, 9.17) is 4.74 Å². The number of benzene rings is 1. The van der Waals surface area contributed by atoms with Crippen LogP contribution in [0.25, 0.3) is 0 Å². The van der Waals surface area contributed by atoms with Crippen molar-refractivity contribution in [3.63, 3.8) is 0 Å². The van der Waals surface area contributed by atoms with Crippen LogP contribution in [0.4, 0.5) is 0 Å². The molecule has 0 aromatic heterocycles. The fraction of sp³-hybridized carbons (Fsp3) is 0.538. The normalized spacial score (nSPS) is 12.8. The lowest BCUT2D eigenvalue weighted by molar-refractivity contribution is 0.190. The summed E-state index contributed by atoms with van der Waals surface area (Å²) in [5.41, 5.74) is 0.832. The molecule has 0 saturated carbocycles. The van der Waals surface area contributed by atoms with Crippen LogP contribution >= 0.6 is 15.9 Å². The number of rotatable bonds is 6. The first-order valence-corrected chi connectivity index (χ1v) is 6.55. The van der Waals surface area contributed by atoms with E-state index in [-0.39, 0.29) is 0 Å². The molecule has 1 aromatic carbocycles. The summed E-state index contributed by atoms with van der Waals surface area (Å²) in [5, 5.41) is 9.64. The molecule has 0 aliphatic rings. The summed E-state index contributed by atoms with van der Waals surface area (Å²) in [4.78, 5) is 2.12. The molecule has 0 unspecified atom stereocenters. The van der Waals surface area contributed by atoms with Crippen LogP contribution in [0.2, 0.25) is 0 Å². The topological polar surface area (TPSA) is 32.7 Å². The van der Waals surface area contributed by atoms with Gasteiger partial charge in [0.25, 0.3) is 0 Å². The minimum atomic E-state index is -0.507. The fourth-order valence-corrected chi connectivity index (χ4v) is 1.88. The minimum absolute atomic E-state index is 0.507. The third-order valence-electron chi connectivity index (χ3n) is 2.43. The number of hydrogen-bond donors (Lipinski definition) is 1. The molecule has 0 saturated heterocycles. The van der Waals surface area contributed by atoms with Crippen molar-refractivity contribution in [2.75, 3.05) is 27.2 Å². The third kappa shape index (κ3) is 5.06. The molecule has 0 aliphatic carbocycles. The summed E-state index contributed by atoms with van der Waals surface area (Å²) in [7, 11) is 4.08. The molecule has 1 rings (SSSR count). The van der Waals surface area contributed by atoms with Gasteiger partial charge in [0, 0.05) is 16.6 Å². The van der Waals surface area contributed by atoms with Crippen LogP contribution in [0.1, 0.15) is 25.0 Å². The third-order valence-corrected chi connectivity index (χ3v) is 2.93. The van der Waals surface area contributed by atoms with Gasteiger partial charge in [0.05, 0.1) is 12.7 Å². The molecule has 96 valence electrons. The SMILES string of the molecule is C[C@H](O)c1ccc(Br)cc1OCCCN(C)C. The second kappa shape index (κ2) is 6.99. The lowest BCUT2D eigenvalue weighted by Crippen LogP contribution is -2.15. The highest BCUT2D eigenvalue weighted by Crippen LogP contribution is 2.28. The molecule has 0 heterocycles. The molecular weight excluding hydrogens is 282 g/mol. The van der Waals surface area contributed by atoms with E-state index in [1.54, 1.807) is 6.92 Å². The van der Waals surface area contributed by atoms with Crippen LogP contribution in [0.3, 0.4) is 0 Å². The quantitative estimate of drug-likeness (QED) is 0.820. The predicted molar refractivity (Wildman–Crippen MR) is 73.4 cm³/mol. The van der Waals surface area contributed by atoms with Gasteiger partial charge in [-0.1, -0.05) is 22.0 Å². The number of ether oxygens (including phenoxy) is 1. The van der Waals surface area contributed by atoms with Crippen molar-refractivity contribution in [1.29, 1.82) is 0 Å². The molecule has 0 fully saturated rings. The van der Waals surface area contributed by atoms with E-state index in [1.807, 2.05) is 32.3 Å². The first-order chi connectivity index (χ1) is 8.00. The Morgan fingerprint density at radius 2 is 2.12 bits per heavy atom. The highest BCUT2D eigenvalue weighted by molar-refractivity contribution is 9.10. The highest BCUT2D eigenvalue weighted by atomic mass is 79.9. The van der Waals surface area contributed by atoms with E-state index in [2.05, 4.69) is 20.8 Å². The standard InChI is InChI=1S/C13H20BrNO2/c1-10(16)12-6-5-11(14)9-13(12)17-8-4-7-15(2)3/h5-6,9-10,16H,4,7-8H2,1-3H3/t10-/m0/s1. The van der Waals surface area contributed by atoms with Gasteiger partial charge in [-0.25, -0.2) is 0 Å². The molecule has 0 radical (unpaired) electrons. The van der Waals surface area contributed by atoms with Crippen LogP contribution in [0.15, 0.2) is 22.7 Å². The number of aliphatic hydroxyl groups excluding tert-OH is 1. The van der Waals surface area contributed by atoms with E-state index >= 15 is 0 Å². The van der Waals surface area contributed by atoms with E-state index in [9.17, 15) is 5.11 Å². The molecule has 1 aromatic rings. The van der Waals surface area contributed by atoms with E-state index < -0.39 is 6.10 Å². The van der Waals surface area contributed by atoms with E-state index in [0.29, 0.717) is 6.61 Å². The molecule has 0 bridgehead atoms. The second-order valence-electron chi connectivity index (χ2n) is 4.36. The number of nitrogens with zero attached hydrogens (tertiary/aromatic N) is 1. The van der Waals surface area contributed by atoms with Gasteiger partial charge in [0.2, 0.25) is 0 Å². The maximum atomic E-state index is 9.64. The van der Waals surface area contributed by atoms with Crippen LogP contribution in [0.5, 0.6) is 5.75 Å². The minimum Gasteiger partial charge on any atom is -0.493 e. The van der Waals surface area contributed by atoms with Gasteiger partial charge >= 0.3 is 0 Å². The van der Waals surface area contributed by atoms with Crippen molar-refractivity contribution in [2.45, 2.75) is 19.4 Å². The van der Waals surface area contributed by atoms with Crippen LogP contribution in [0, 0.1) is 0 Å². The van der Waals surface area contributed by atoms with Crippen LogP contribution in [-0.4, -0.2) is 37.3 Å². The first kappa shape index (κ1) is 14.5. The number of hydrogen-bond acceptors (Lipinski definition) is 3. The highest BCUT2D eigenvalue weighted by Gasteiger charge is 2.09. The van der Waals surface area contributed by atoms with Gasteiger partial charge in [-0.3, -0.25) is 0 Å². The van der Waals surface area contributed by atoms with Gasteiger partial charge in [0.1, 0.15) is 5.75 Å². The molecule has 0 amide bonds. The van der Waals surface area contributed by atoms with Crippen LogP contribution < -0.4 is 4.74 Å². The number of aliphatic hydroxyl groups is 1. The predicted octanol–water partition coefficient (Wildman–Crippen LogP) is 2.83. The van der Waals surface area contributed by atoms with Gasteiger partial charge in [0.15, 0.2) is 0 Å². The van der Waals surface area contributed by atoms with Crippen molar-refractivity contribution >= 4 is 15.9 Å². The van der Waals surface area contributed by atoms with Gasteiger partial charge in [-0.05, 0) is 39.6 Å². The molecule has 3 nitrogen and oxygen atoms in total. The van der Waals surface area contributed by atoms with Crippen LogP contribution in [-0.2, 0) is 0 Å². The monoisotopic (exact) mass is 301 g/mol. The Bertz CT molecular complexity index is 353. The average Bonchev–Trinajstić information content (AvgIpc) is 2.23. The molecule has 1 N–H and O–H groups in total. The summed E-state index contributed by atoms with van der Waals surface area (Å²) in [6, 6.07) is 5.70. The Balaban J connectivity index is 2.59. The zero-order chi connectivity index (χ0) is 12.8. The lowest BCUT2D eigenvalue weighted by atomic mass is 10.1. The molecule has 1 atom stereocenters. The maximum Gasteiger partial charge on any atom is 0.126 e. The molecule has 0 spiro atoms. The smallest absolute Gasteiger partial charge is 0.126 e. The van der Waals surface area contributed by atoms with Crippen molar-refractivity contribution in [1.82, 2.24) is 4.90 Å². The molecule has 17 heavy (non-hydrogen) atoms. The maximum absolute atomic E-state index is 9.64. The average molecular weight is 302 g/mol. The van der Waals surface area contributed by atoms with Gasteiger partial charge < -0.3 is 14.7 Å². The summed E-state index contributed by atoms with van der Waals surface area (Å²) >= 11 is 3.41. The first-order valence-electron chi connectivity index (χ1n) is 5.75. The molecule has 0 aliphatic heterocycles. The summed E-state index contributed by atoms with van der Waals surface area (Å²) in [6.07, 6.45) is 0.464. The van der Waals surface area contributed by atoms with Crippen molar-refractivity contribution in [3.8, 4) is 5.75 Å². The van der Waals surface area contributed by atoms with Crippen molar-refractivity contribution in [3.05, 3.63) is 28.2 Å². The molecule has 4 heteroatoms. The fourth-order valence-electron chi connectivity index (χ4n) is 1.54. The Hall–Kier alpha value is -0.580. The summed E-state index contributed by atoms with van der Waals surface area (Å²) < 4.78 is 6.68. The summed E-state index contributed by atoms with van der Waals surface area (Å²) in [6.45, 7) is 3.41. The van der Waals surface area contributed by atoms with Crippen molar-refractivity contribution < 1.29 is 9.84 Å². The Morgan fingerprint density at radius 3 is 2.71 bits per heavy atom. The zero-order valence-corrected chi connectivity index (χ0v) is 12.2. The van der Waals surface area contributed by atoms with Gasteiger partial charge in [-0.2, -0.15) is 0 Å². The lowest BCUT2D eigenvalue weighted by Gasteiger charge is -2.15. The Labute approximate surface area is 112 Å². The zero-order valence-electron chi connectivity index (χ0n) is 10.6. The van der Waals surface area contributed by atoms with Gasteiger partial charge in [-0.15, -0.1) is 0 Å². The second-order valence-corrected chi connectivity index (χ2v) is 5.28. The van der Waals surface area contributed by atoms with Crippen molar-refractivity contribution in [2.24, 2.45) is 0 Å². The number of halogens is 1. The Morgan fingerprint density at radius 1 is 1.41 bits per heavy atom. The summed E-state index contributed by atoms with van der Waals surface area (Å²) in [5.74, 6) is 0.758. The Kier molecular flexibility index (Phi) is 5.95. The largest absolute Gasteiger partial charge is 0.493 e.